The van der Waals surface area contributed by atoms with Crippen molar-refractivity contribution in [2.75, 3.05) is 6.26 Å². The fourth-order valence-electron chi connectivity index (χ4n) is 2.78. The van der Waals surface area contributed by atoms with E-state index >= 15 is 0 Å². The molecule has 1 aromatic rings. The Morgan fingerprint density at radius 2 is 2.10 bits per heavy atom. The van der Waals surface area contributed by atoms with E-state index in [1.165, 1.54) is 0 Å². The highest BCUT2D eigenvalue weighted by atomic mass is 32.2. The van der Waals surface area contributed by atoms with Crippen LogP contribution in [0.5, 0.6) is 0 Å². The summed E-state index contributed by atoms with van der Waals surface area (Å²) in [5.74, 6) is -1.18. The van der Waals surface area contributed by atoms with Crippen molar-refractivity contribution >= 4 is 23.6 Å². The van der Waals surface area contributed by atoms with Crippen molar-refractivity contribution in [1.82, 2.24) is 5.32 Å². The zero-order chi connectivity index (χ0) is 15.4. The fourth-order valence-corrected chi connectivity index (χ4v) is 3.22. The minimum absolute atomic E-state index is 0.0373. The summed E-state index contributed by atoms with van der Waals surface area (Å²) in [6, 6.07) is 5.80. The van der Waals surface area contributed by atoms with E-state index in [9.17, 15) is 9.59 Å². The van der Waals surface area contributed by atoms with Crippen molar-refractivity contribution in [2.45, 2.75) is 43.5 Å². The van der Waals surface area contributed by atoms with Gasteiger partial charge in [-0.25, -0.2) is 0 Å². The van der Waals surface area contributed by atoms with Gasteiger partial charge in [-0.05, 0) is 50.1 Å². The van der Waals surface area contributed by atoms with Crippen molar-refractivity contribution in [3.05, 3.63) is 29.3 Å². The van der Waals surface area contributed by atoms with E-state index in [2.05, 4.69) is 5.32 Å². The van der Waals surface area contributed by atoms with Gasteiger partial charge in [-0.2, -0.15) is 0 Å². The lowest BCUT2D eigenvalue weighted by Gasteiger charge is -2.27. The van der Waals surface area contributed by atoms with Gasteiger partial charge in [0.2, 0.25) is 0 Å². The highest BCUT2D eigenvalue weighted by Crippen LogP contribution is 2.25. The smallest absolute Gasteiger partial charge is 0.306 e. The molecule has 2 atom stereocenters. The van der Waals surface area contributed by atoms with Gasteiger partial charge >= 0.3 is 5.97 Å². The van der Waals surface area contributed by atoms with Gasteiger partial charge in [-0.1, -0.05) is 12.5 Å². The molecule has 0 saturated heterocycles. The molecule has 21 heavy (non-hydrogen) atoms. The van der Waals surface area contributed by atoms with E-state index in [0.717, 1.165) is 23.3 Å². The summed E-state index contributed by atoms with van der Waals surface area (Å²) in [6.07, 6.45) is 4.93. The number of benzene rings is 1. The van der Waals surface area contributed by atoms with E-state index in [4.69, 9.17) is 5.11 Å². The Labute approximate surface area is 129 Å². The number of aliphatic carboxylic acids is 1. The van der Waals surface area contributed by atoms with Crippen LogP contribution in [-0.4, -0.2) is 29.3 Å². The van der Waals surface area contributed by atoms with Crippen LogP contribution in [0.15, 0.2) is 23.1 Å². The van der Waals surface area contributed by atoms with Crippen LogP contribution in [0.3, 0.4) is 0 Å². The second-order valence-electron chi connectivity index (χ2n) is 5.55. The molecule has 0 aromatic heterocycles. The fraction of sp³-hybridized carbons (Fsp3) is 0.500. The molecule has 1 saturated carbocycles. The number of hydrogen-bond donors (Lipinski definition) is 2. The Morgan fingerprint density at radius 1 is 1.33 bits per heavy atom. The molecule has 0 heterocycles. The Hall–Kier alpha value is -1.49. The van der Waals surface area contributed by atoms with Crippen molar-refractivity contribution in [3.8, 4) is 0 Å². The van der Waals surface area contributed by atoms with Gasteiger partial charge in [0, 0.05) is 16.5 Å². The van der Waals surface area contributed by atoms with Crippen LogP contribution in [0.25, 0.3) is 0 Å². The maximum atomic E-state index is 12.4. The third-order valence-electron chi connectivity index (χ3n) is 4.05. The van der Waals surface area contributed by atoms with Gasteiger partial charge in [-0.15, -0.1) is 11.8 Å². The van der Waals surface area contributed by atoms with E-state index in [-0.39, 0.29) is 17.9 Å². The minimum atomic E-state index is -0.755. The molecular weight excluding hydrogens is 286 g/mol. The summed E-state index contributed by atoms with van der Waals surface area (Å²) >= 11 is 1.60. The summed E-state index contributed by atoms with van der Waals surface area (Å²) in [4.78, 5) is 24.5. The first-order valence-corrected chi connectivity index (χ1v) is 8.42. The van der Waals surface area contributed by atoms with Gasteiger partial charge in [0.25, 0.3) is 5.91 Å². The standard InChI is InChI=1S/C16H21NO3S/c1-10-6-7-13(21-2)9-14(10)15(18)17-12-5-3-4-11(8-12)16(19)20/h6-7,9,11-12H,3-5,8H2,1-2H3,(H,17,18)(H,19,20). The Bertz CT molecular complexity index is 544. The molecule has 1 aliphatic carbocycles. The van der Waals surface area contributed by atoms with Crippen molar-refractivity contribution in [1.29, 1.82) is 0 Å². The molecule has 114 valence electrons. The van der Waals surface area contributed by atoms with Crippen LogP contribution >= 0.6 is 11.8 Å². The first-order chi connectivity index (χ1) is 10.0. The van der Waals surface area contributed by atoms with Crippen LogP contribution in [0.4, 0.5) is 0 Å². The summed E-state index contributed by atoms with van der Waals surface area (Å²) in [5, 5.41) is 12.1. The van der Waals surface area contributed by atoms with Gasteiger partial charge in [0.1, 0.15) is 0 Å². The summed E-state index contributed by atoms with van der Waals surface area (Å²) < 4.78 is 0. The molecule has 1 fully saturated rings. The monoisotopic (exact) mass is 307 g/mol. The van der Waals surface area contributed by atoms with Crippen LogP contribution in [0, 0.1) is 12.8 Å². The number of carboxylic acids is 1. The Morgan fingerprint density at radius 3 is 2.76 bits per heavy atom. The minimum Gasteiger partial charge on any atom is -0.481 e. The molecule has 1 aromatic carbocycles. The van der Waals surface area contributed by atoms with Crippen LogP contribution in [0.2, 0.25) is 0 Å². The van der Waals surface area contributed by atoms with Crippen LogP contribution in [0.1, 0.15) is 41.6 Å². The molecule has 5 heteroatoms. The van der Waals surface area contributed by atoms with E-state index < -0.39 is 5.97 Å². The van der Waals surface area contributed by atoms with E-state index in [1.807, 2.05) is 31.4 Å². The molecule has 1 amide bonds. The molecule has 2 N–H and O–H groups in total. The molecular formula is C16H21NO3S. The molecule has 1 aliphatic rings. The molecule has 0 spiro atoms. The van der Waals surface area contributed by atoms with Crippen LogP contribution in [-0.2, 0) is 4.79 Å². The molecule has 2 unspecified atom stereocenters. The Kier molecular flexibility index (Phi) is 5.28. The van der Waals surface area contributed by atoms with E-state index in [1.54, 1.807) is 11.8 Å². The average Bonchev–Trinajstić information content (AvgIpc) is 2.48. The van der Waals surface area contributed by atoms with Gasteiger partial charge < -0.3 is 10.4 Å². The molecule has 2 rings (SSSR count). The molecule has 0 bridgehead atoms. The largest absolute Gasteiger partial charge is 0.481 e. The lowest BCUT2D eigenvalue weighted by molar-refractivity contribution is -0.143. The zero-order valence-electron chi connectivity index (χ0n) is 12.4. The number of carboxylic acid groups (broad SMARTS) is 1. The predicted molar refractivity (Wildman–Crippen MR) is 83.8 cm³/mol. The van der Waals surface area contributed by atoms with Gasteiger partial charge in [-0.3, -0.25) is 9.59 Å². The number of hydrogen-bond acceptors (Lipinski definition) is 3. The highest BCUT2D eigenvalue weighted by molar-refractivity contribution is 7.98. The summed E-state index contributed by atoms with van der Waals surface area (Å²) in [6.45, 7) is 1.92. The third-order valence-corrected chi connectivity index (χ3v) is 4.77. The quantitative estimate of drug-likeness (QED) is 0.839. The lowest BCUT2D eigenvalue weighted by Crippen LogP contribution is -2.40. The lowest BCUT2D eigenvalue weighted by atomic mass is 9.85. The SMILES string of the molecule is CSc1ccc(C)c(C(=O)NC2CCCC(C(=O)O)C2)c1. The number of amides is 1. The molecule has 4 nitrogen and oxygen atoms in total. The van der Waals surface area contributed by atoms with Crippen LogP contribution < -0.4 is 5.32 Å². The molecule has 0 aliphatic heterocycles. The zero-order valence-corrected chi connectivity index (χ0v) is 13.2. The number of carbonyl (C=O) groups excluding carboxylic acids is 1. The maximum absolute atomic E-state index is 12.4. The maximum Gasteiger partial charge on any atom is 0.306 e. The summed E-state index contributed by atoms with van der Waals surface area (Å²) in [5.41, 5.74) is 1.62. The third kappa shape index (κ3) is 4.00. The second kappa shape index (κ2) is 6.98. The normalized spacial score (nSPS) is 21.8. The number of carbonyl (C=O) groups is 2. The number of nitrogens with one attached hydrogen (secondary N) is 1. The number of rotatable bonds is 4. The van der Waals surface area contributed by atoms with Crippen molar-refractivity contribution < 1.29 is 14.7 Å². The summed E-state index contributed by atoms with van der Waals surface area (Å²) in [7, 11) is 0. The predicted octanol–water partition coefficient (Wildman–Crippen LogP) is 3.09. The van der Waals surface area contributed by atoms with Crippen molar-refractivity contribution in [3.63, 3.8) is 0 Å². The number of aryl methyl sites for hydroxylation is 1. The highest BCUT2D eigenvalue weighted by Gasteiger charge is 2.28. The molecule has 0 radical (unpaired) electrons. The van der Waals surface area contributed by atoms with E-state index in [0.29, 0.717) is 18.4 Å². The first kappa shape index (κ1) is 15.9. The van der Waals surface area contributed by atoms with Gasteiger partial charge in [0.05, 0.1) is 5.92 Å². The average molecular weight is 307 g/mol. The Balaban J connectivity index is 2.05. The topological polar surface area (TPSA) is 66.4 Å². The number of thioether (sulfide) groups is 1. The van der Waals surface area contributed by atoms with Gasteiger partial charge in [0.15, 0.2) is 0 Å². The van der Waals surface area contributed by atoms with Crippen molar-refractivity contribution in [2.24, 2.45) is 5.92 Å². The first-order valence-electron chi connectivity index (χ1n) is 7.19. The second-order valence-corrected chi connectivity index (χ2v) is 6.43.